The molecule has 1 saturated heterocycles. The van der Waals surface area contributed by atoms with Crippen LogP contribution >= 0.6 is 0 Å². The van der Waals surface area contributed by atoms with Crippen molar-refractivity contribution >= 4 is 0 Å². The lowest BCUT2D eigenvalue weighted by Gasteiger charge is -2.52. The Kier molecular flexibility index (Phi) is 3.92. The third-order valence-electron chi connectivity index (χ3n) is 6.53. The Morgan fingerprint density at radius 2 is 1.84 bits per heavy atom. The number of hydrogen-bond acceptors (Lipinski definition) is 2. The van der Waals surface area contributed by atoms with E-state index in [-0.39, 0.29) is 0 Å². The molecule has 3 rings (SSSR count). The Hall–Kier alpha value is -0.0800. The third kappa shape index (κ3) is 2.71. The molecule has 4 unspecified atom stereocenters. The van der Waals surface area contributed by atoms with Gasteiger partial charge in [0.1, 0.15) is 0 Å². The molecule has 2 aliphatic carbocycles. The topological polar surface area (TPSA) is 29.3 Å². The van der Waals surface area contributed by atoms with Crippen molar-refractivity contribution in [1.29, 1.82) is 0 Å². The highest BCUT2D eigenvalue weighted by atomic mass is 15.2. The van der Waals surface area contributed by atoms with E-state index in [4.69, 9.17) is 5.73 Å². The summed E-state index contributed by atoms with van der Waals surface area (Å²) in [6.07, 6.45) is 10.0. The van der Waals surface area contributed by atoms with Crippen LogP contribution < -0.4 is 5.73 Å². The fourth-order valence-electron chi connectivity index (χ4n) is 4.65. The van der Waals surface area contributed by atoms with E-state index < -0.39 is 0 Å². The van der Waals surface area contributed by atoms with Gasteiger partial charge in [0.2, 0.25) is 0 Å². The summed E-state index contributed by atoms with van der Waals surface area (Å²) in [5.74, 6) is 3.80. The quantitative estimate of drug-likeness (QED) is 0.848. The van der Waals surface area contributed by atoms with Crippen LogP contribution in [0, 0.1) is 23.7 Å². The van der Waals surface area contributed by atoms with Gasteiger partial charge < -0.3 is 5.73 Å². The first-order chi connectivity index (χ1) is 9.14. The van der Waals surface area contributed by atoms with E-state index in [1.807, 2.05) is 0 Å². The van der Waals surface area contributed by atoms with Gasteiger partial charge in [-0.25, -0.2) is 0 Å². The highest BCUT2D eigenvalue weighted by Gasteiger charge is 2.45. The smallest absolute Gasteiger partial charge is 0.0334 e. The molecule has 110 valence electrons. The van der Waals surface area contributed by atoms with Gasteiger partial charge in [0.15, 0.2) is 0 Å². The number of nitrogens with zero attached hydrogens (tertiary/aromatic N) is 1. The third-order valence-corrected chi connectivity index (χ3v) is 6.53. The summed E-state index contributed by atoms with van der Waals surface area (Å²) in [6.45, 7) is 8.32. The molecule has 0 bridgehead atoms. The lowest BCUT2D eigenvalue weighted by molar-refractivity contribution is -0.00987. The van der Waals surface area contributed by atoms with E-state index >= 15 is 0 Å². The van der Waals surface area contributed by atoms with Crippen LogP contribution in [0.4, 0.5) is 0 Å². The molecule has 3 fully saturated rings. The van der Waals surface area contributed by atoms with Crippen molar-refractivity contribution in [1.82, 2.24) is 4.90 Å². The molecule has 2 nitrogen and oxygen atoms in total. The van der Waals surface area contributed by atoms with Gasteiger partial charge >= 0.3 is 0 Å². The van der Waals surface area contributed by atoms with Crippen LogP contribution in [0.2, 0.25) is 0 Å². The largest absolute Gasteiger partial charge is 0.329 e. The maximum atomic E-state index is 6.29. The van der Waals surface area contributed by atoms with Crippen LogP contribution in [0.25, 0.3) is 0 Å². The molecule has 0 aromatic heterocycles. The monoisotopic (exact) mass is 264 g/mol. The molecule has 3 aliphatic rings. The van der Waals surface area contributed by atoms with Crippen molar-refractivity contribution in [3.63, 3.8) is 0 Å². The summed E-state index contributed by atoms with van der Waals surface area (Å²) >= 11 is 0. The van der Waals surface area contributed by atoms with E-state index in [9.17, 15) is 0 Å². The van der Waals surface area contributed by atoms with Crippen LogP contribution in [0.15, 0.2) is 0 Å². The lowest BCUT2D eigenvalue weighted by Crippen LogP contribution is -2.59. The van der Waals surface area contributed by atoms with Crippen molar-refractivity contribution in [3.8, 4) is 0 Å². The Morgan fingerprint density at radius 1 is 1.05 bits per heavy atom. The molecule has 2 heteroatoms. The molecule has 2 saturated carbocycles. The molecule has 0 radical (unpaired) electrons. The van der Waals surface area contributed by atoms with Crippen LogP contribution in [0.5, 0.6) is 0 Å². The number of piperidine rings is 1. The zero-order valence-corrected chi connectivity index (χ0v) is 12.9. The average Bonchev–Trinajstić information content (AvgIpc) is 3.26. The highest BCUT2D eigenvalue weighted by molar-refractivity contribution is 5.01. The first kappa shape index (κ1) is 13.9. The van der Waals surface area contributed by atoms with Gasteiger partial charge in [-0.3, -0.25) is 4.90 Å². The summed E-state index contributed by atoms with van der Waals surface area (Å²) in [7, 11) is 0. The van der Waals surface area contributed by atoms with Gasteiger partial charge in [0, 0.05) is 18.6 Å². The second-order valence-corrected chi connectivity index (χ2v) is 7.81. The summed E-state index contributed by atoms with van der Waals surface area (Å²) < 4.78 is 0. The Balaban J connectivity index is 1.70. The number of likely N-dealkylation sites (tertiary alicyclic amines) is 1. The van der Waals surface area contributed by atoms with Gasteiger partial charge in [-0.2, -0.15) is 0 Å². The summed E-state index contributed by atoms with van der Waals surface area (Å²) in [5.41, 5.74) is 6.65. The predicted molar refractivity (Wildman–Crippen MR) is 81.0 cm³/mol. The Morgan fingerprint density at radius 3 is 2.47 bits per heavy atom. The van der Waals surface area contributed by atoms with Crippen molar-refractivity contribution in [2.24, 2.45) is 29.4 Å². The van der Waals surface area contributed by atoms with Crippen LogP contribution in [0.1, 0.15) is 58.8 Å². The molecule has 2 N–H and O–H groups in total. The molecular weight excluding hydrogens is 232 g/mol. The molecule has 1 heterocycles. The first-order valence-corrected chi connectivity index (χ1v) is 8.60. The summed E-state index contributed by atoms with van der Waals surface area (Å²) in [6, 6.07) is 0. The van der Waals surface area contributed by atoms with E-state index in [0.29, 0.717) is 5.54 Å². The average molecular weight is 264 g/mol. The molecule has 4 atom stereocenters. The Bertz CT molecular complexity index is 312. The van der Waals surface area contributed by atoms with Crippen LogP contribution in [-0.2, 0) is 0 Å². The van der Waals surface area contributed by atoms with E-state index in [0.717, 1.165) is 30.2 Å². The van der Waals surface area contributed by atoms with Gasteiger partial charge in [-0.05, 0) is 62.3 Å². The fourth-order valence-corrected chi connectivity index (χ4v) is 4.65. The molecule has 0 aromatic carbocycles. The van der Waals surface area contributed by atoms with E-state index in [2.05, 4.69) is 18.7 Å². The number of hydrogen-bond donors (Lipinski definition) is 1. The maximum absolute atomic E-state index is 6.29. The second-order valence-electron chi connectivity index (χ2n) is 7.81. The second kappa shape index (κ2) is 5.37. The molecular formula is C17H32N2. The number of nitrogens with two attached hydrogens (primary N) is 1. The lowest BCUT2D eigenvalue weighted by atomic mass is 9.71. The fraction of sp³-hybridized carbons (Fsp3) is 1.00. The number of rotatable bonds is 3. The van der Waals surface area contributed by atoms with Crippen LogP contribution in [-0.4, -0.2) is 30.1 Å². The van der Waals surface area contributed by atoms with Gasteiger partial charge in [0.25, 0.3) is 0 Å². The minimum Gasteiger partial charge on any atom is -0.329 e. The zero-order chi connectivity index (χ0) is 13.5. The van der Waals surface area contributed by atoms with Crippen LogP contribution in [0.3, 0.4) is 0 Å². The van der Waals surface area contributed by atoms with Gasteiger partial charge in [-0.1, -0.05) is 26.7 Å². The minimum atomic E-state index is 0.361. The minimum absolute atomic E-state index is 0.361. The van der Waals surface area contributed by atoms with E-state index in [1.165, 1.54) is 58.0 Å². The standard InChI is InChI=1S/C17H32N2/c1-13-7-9-19(11-14(13)2)17(12-18)8-3-4-16(10-17)15-5-6-15/h13-16H,3-12,18H2,1-2H3. The van der Waals surface area contributed by atoms with Crippen molar-refractivity contribution in [3.05, 3.63) is 0 Å². The molecule has 1 aliphatic heterocycles. The van der Waals surface area contributed by atoms with Crippen molar-refractivity contribution in [2.75, 3.05) is 19.6 Å². The Labute approximate surface area is 119 Å². The summed E-state index contributed by atoms with van der Waals surface area (Å²) in [5, 5.41) is 0. The molecule has 0 aromatic rings. The molecule has 0 amide bonds. The summed E-state index contributed by atoms with van der Waals surface area (Å²) in [4.78, 5) is 2.80. The van der Waals surface area contributed by atoms with E-state index in [1.54, 1.807) is 0 Å². The normalized spacial score (nSPS) is 45.3. The van der Waals surface area contributed by atoms with Crippen molar-refractivity contribution < 1.29 is 0 Å². The van der Waals surface area contributed by atoms with Gasteiger partial charge in [0.05, 0.1) is 0 Å². The SMILES string of the molecule is CC1CCN(C2(CN)CCCC(C3CC3)C2)CC1C. The molecule has 19 heavy (non-hydrogen) atoms. The first-order valence-electron chi connectivity index (χ1n) is 8.60. The molecule has 0 spiro atoms. The zero-order valence-electron chi connectivity index (χ0n) is 12.9. The maximum Gasteiger partial charge on any atom is 0.0334 e. The highest BCUT2D eigenvalue weighted by Crippen LogP contribution is 2.48. The predicted octanol–water partition coefficient (Wildman–Crippen LogP) is 3.26. The van der Waals surface area contributed by atoms with Gasteiger partial charge in [-0.15, -0.1) is 0 Å². The van der Waals surface area contributed by atoms with Crippen molar-refractivity contribution in [2.45, 2.75) is 64.3 Å².